The number of aromatic nitrogens is 4. The Kier molecular flexibility index (Phi) is 5.17. The van der Waals surface area contributed by atoms with Crippen LogP contribution in [-0.4, -0.2) is 49.6 Å². The minimum atomic E-state index is -0.209. The van der Waals surface area contributed by atoms with Crippen molar-refractivity contribution in [3.63, 3.8) is 0 Å². The molecule has 1 aliphatic rings. The van der Waals surface area contributed by atoms with Gasteiger partial charge in [0.25, 0.3) is 5.91 Å². The molecule has 4 heterocycles. The van der Waals surface area contributed by atoms with Gasteiger partial charge >= 0.3 is 0 Å². The molecule has 0 saturated carbocycles. The van der Waals surface area contributed by atoms with Gasteiger partial charge < -0.3 is 4.90 Å². The lowest BCUT2D eigenvalue weighted by molar-refractivity contribution is -0.131. The van der Waals surface area contributed by atoms with Gasteiger partial charge in [-0.2, -0.15) is 5.10 Å². The van der Waals surface area contributed by atoms with Crippen LogP contribution in [0.2, 0.25) is 0 Å². The predicted octanol–water partition coefficient (Wildman–Crippen LogP) is 3.16. The van der Waals surface area contributed by atoms with E-state index < -0.39 is 0 Å². The molecule has 5 rings (SSSR count). The highest BCUT2D eigenvalue weighted by Crippen LogP contribution is 2.30. The number of fused-ring (bicyclic) bond motifs is 1. The SMILES string of the molecule is O=C(Nc1nccs1)c1cc([C@@H]2CCN(C(=O)Cn3cccn3)C2)nc2ccccc12. The Labute approximate surface area is 182 Å². The molecule has 0 aliphatic carbocycles. The summed E-state index contributed by atoms with van der Waals surface area (Å²) >= 11 is 1.38. The Bertz CT molecular complexity index is 1220. The van der Waals surface area contributed by atoms with Crippen molar-refractivity contribution in [3.05, 3.63) is 71.6 Å². The minimum absolute atomic E-state index is 0.0359. The molecule has 1 fully saturated rings. The highest BCUT2D eigenvalue weighted by atomic mass is 32.1. The molecule has 1 aromatic carbocycles. The van der Waals surface area contributed by atoms with E-state index in [9.17, 15) is 9.59 Å². The second-order valence-corrected chi connectivity index (χ2v) is 8.33. The van der Waals surface area contributed by atoms with E-state index in [2.05, 4.69) is 15.4 Å². The molecular weight excluding hydrogens is 412 g/mol. The number of carbonyl (C=O) groups excluding carboxylic acids is 2. The van der Waals surface area contributed by atoms with Crippen molar-refractivity contribution in [2.75, 3.05) is 18.4 Å². The smallest absolute Gasteiger partial charge is 0.258 e. The Morgan fingerprint density at radius 2 is 2.10 bits per heavy atom. The van der Waals surface area contributed by atoms with E-state index in [-0.39, 0.29) is 24.3 Å². The van der Waals surface area contributed by atoms with E-state index >= 15 is 0 Å². The van der Waals surface area contributed by atoms with Crippen molar-refractivity contribution < 1.29 is 9.59 Å². The molecule has 3 aromatic heterocycles. The van der Waals surface area contributed by atoms with Crippen molar-refractivity contribution in [1.29, 1.82) is 0 Å². The van der Waals surface area contributed by atoms with Crippen LogP contribution in [0.25, 0.3) is 10.9 Å². The summed E-state index contributed by atoms with van der Waals surface area (Å²) in [7, 11) is 0. The van der Waals surface area contributed by atoms with Gasteiger partial charge in [0.1, 0.15) is 6.54 Å². The summed E-state index contributed by atoms with van der Waals surface area (Å²) in [5, 5.41) is 10.1. The Balaban J connectivity index is 1.40. The molecule has 1 saturated heterocycles. The summed E-state index contributed by atoms with van der Waals surface area (Å²) in [5.74, 6) is -0.0919. The number of benzene rings is 1. The van der Waals surface area contributed by atoms with Gasteiger partial charge in [0, 0.05) is 54.1 Å². The van der Waals surface area contributed by atoms with E-state index in [0.717, 1.165) is 23.0 Å². The molecule has 8 nitrogen and oxygen atoms in total. The molecule has 4 aromatic rings. The monoisotopic (exact) mass is 432 g/mol. The normalized spacial score (nSPS) is 16.0. The number of amides is 2. The van der Waals surface area contributed by atoms with Crippen LogP contribution in [0, 0.1) is 0 Å². The summed E-state index contributed by atoms with van der Waals surface area (Å²) in [5.41, 5.74) is 2.17. The summed E-state index contributed by atoms with van der Waals surface area (Å²) in [6.07, 6.45) is 5.91. The summed E-state index contributed by atoms with van der Waals surface area (Å²) < 4.78 is 1.63. The van der Waals surface area contributed by atoms with Crippen LogP contribution in [0.5, 0.6) is 0 Å². The molecule has 1 atom stereocenters. The first-order valence-electron chi connectivity index (χ1n) is 10.0. The molecule has 0 spiro atoms. The number of likely N-dealkylation sites (tertiary alicyclic amines) is 1. The van der Waals surface area contributed by atoms with Crippen LogP contribution in [0.15, 0.2) is 60.4 Å². The lowest BCUT2D eigenvalue weighted by atomic mass is 9.99. The van der Waals surface area contributed by atoms with Crippen LogP contribution in [0.4, 0.5) is 5.13 Å². The van der Waals surface area contributed by atoms with Crippen molar-refractivity contribution in [2.24, 2.45) is 0 Å². The van der Waals surface area contributed by atoms with Crippen molar-refractivity contribution in [2.45, 2.75) is 18.9 Å². The van der Waals surface area contributed by atoms with Crippen molar-refractivity contribution in [3.8, 4) is 0 Å². The fraction of sp³-hybridized carbons (Fsp3) is 0.227. The summed E-state index contributed by atoms with van der Waals surface area (Å²) in [4.78, 5) is 36.4. The zero-order chi connectivity index (χ0) is 21.2. The highest BCUT2D eigenvalue weighted by Gasteiger charge is 2.29. The van der Waals surface area contributed by atoms with Gasteiger partial charge in [-0.25, -0.2) is 4.98 Å². The third kappa shape index (κ3) is 4.04. The van der Waals surface area contributed by atoms with Crippen LogP contribution in [-0.2, 0) is 11.3 Å². The van der Waals surface area contributed by atoms with E-state index in [1.807, 2.05) is 40.6 Å². The number of carbonyl (C=O) groups is 2. The molecule has 2 amide bonds. The molecule has 31 heavy (non-hydrogen) atoms. The number of thiazole rings is 1. The molecule has 0 radical (unpaired) electrons. The molecule has 1 aliphatic heterocycles. The van der Waals surface area contributed by atoms with Crippen LogP contribution in [0.1, 0.15) is 28.4 Å². The fourth-order valence-electron chi connectivity index (χ4n) is 3.90. The number of hydrogen-bond acceptors (Lipinski definition) is 6. The maximum absolute atomic E-state index is 13.0. The fourth-order valence-corrected chi connectivity index (χ4v) is 4.43. The minimum Gasteiger partial charge on any atom is -0.340 e. The number of anilines is 1. The van der Waals surface area contributed by atoms with Crippen LogP contribution in [0.3, 0.4) is 0 Å². The van der Waals surface area contributed by atoms with E-state index in [0.29, 0.717) is 23.8 Å². The quantitative estimate of drug-likeness (QED) is 0.523. The largest absolute Gasteiger partial charge is 0.340 e. The van der Waals surface area contributed by atoms with Gasteiger partial charge in [0.2, 0.25) is 5.91 Å². The summed E-state index contributed by atoms with van der Waals surface area (Å²) in [6.45, 7) is 1.48. The van der Waals surface area contributed by atoms with Gasteiger partial charge in [-0.3, -0.25) is 24.6 Å². The second kappa shape index (κ2) is 8.27. The lowest BCUT2D eigenvalue weighted by Crippen LogP contribution is -2.32. The number of nitrogens with one attached hydrogen (secondary N) is 1. The van der Waals surface area contributed by atoms with Gasteiger partial charge in [-0.15, -0.1) is 11.3 Å². The van der Waals surface area contributed by atoms with E-state index in [1.165, 1.54) is 11.3 Å². The first-order chi connectivity index (χ1) is 15.2. The maximum Gasteiger partial charge on any atom is 0.258 e. The number of pyridine rings is 1. The Morgan fingerprint density at radius 3 is 2.90 bits per heavy atom. The Morgan fingerprint density at radius 1 is 1.19 bits per heavy atom. The van der Waals surface area contributed by atoms with E-state index in [4.69, 9.17) is 4.98 Å². The van der Waals surface area contributed by atoms with Crippen LogP contribution < -0.4 is 5.32 Å². The van der Waals surface area contributed by atoms with Crippen molar-refractivity contribution >= 4 is 39.2 Å². The number of hydrogen-bond donors (Lipinski definition) is 1. The van der Waals surface area contributed by atoms with Gasteiger partial charge in [-0.1, -0.05) is 18.2 Å². The zero-order valence-corrected chi connectivity index (χ0v) is 17.5. The average Bonchev–Trinajstić information content (AvgIpc) is 3.55. The van der Waals surface area contributed by atoms with E-state index in [1.54, 1.807) is 29.3 Å². The topological polar surface area (TPSA) is 93.0 Å². The first-order valence-corrected chi connectivity index (χ1v) is 10.9. The molecule has 1 N–H and O–H groups in total. The molecule has 156 valence electrons. The lowest BCUT2D eigenvalue weighted by Gasteiger charge is -2.17. The van der Waals surface area contributed by atoms with Crippen LogP contribution >= 0.6 is 11.3 Å². The number of para-hydroxylation sites is 1. The summed E-state index contributed by atoms with van der Waals surface area (Å²) in [6, 6.07) is 11.3. The molecule has 9 heteroatoms. The average molecular weight is 433 g/mol. The number of rotatable bonds is 5. The maximum atomic E-state index is 13.0. The standard InChI is InChI=1S/C22H20N6O2S/c29-20(14-28-9-3-7-24-28)27-10-6-15(13-27)19-12-17(16-4-1-2-5-18(16)25-19)21(30)26-22-23-8-11-31-22/h1-5,7-9,11-12,15H,6,10,13-14H2,(H,23,26,30)/t15-/m1/s1. The number of nitrogens with zero attached hydrogens (tertiary/aromatic N) is 5. The molecule has 0 unspecified atom stereocenters. The zero-order valence-electron chi connectivity index (χ0n) is 16.6. The van der Waals surface area contributed by atoms with Gasteiger partial charge in [0.05, 0.1) is 11.1 Å². The van der Waals surface area contributed by atoms with Crippen molar-refractivity contribution in [1.82, 2.24) is 24.6 Å². The second-order valence-electron chi connectivity index (χ2n) is 7.43. The highest BCUT2D eigenvalue weighted by molar-refractivity contribution is 7.13. The molecule has 0 bridgehead atoms. The van der Waals surface area contributed by atoms with Gasteiger partial charge in [-0.05, 0) is 24.6 Å². The first kappa shape index (κ1) is 19.4. The third-order valence-electron chi connectivity index (χ3n) is 5.45. The van der Waals surface area contributed by atoms with Gasteiger partial charge in [0.15, 0.2) is 5.13 Å². The molecular formula is C22H20N6O2S. The Hall–Kier alpha value is -3.59. The predicted molar refractivity (Wildman–Crippen MR) is 118 cm³/mol. The third-order valence-corrected chi connectivity index (χ3v) is 6.14.